The summed E-state index contributed by atoms with van der Waals surface area (Å²) in [5.74, 6) is -1.62. The molecular formula is C30H35FN4O9S3. The van der Waals surface area contributed by atoms with Crippen LogP contribution in [0.25, 0.3) is 0 Å². The first-order chi connectivity index (χ1) is 22.4. The van der Waals surface area contributed by atoms with E-state index in [1.807, 2.05) is 11.8 Å². The summed E-state index contributed by atoms with van der Waals surface area (Å²) in [4.78, 5) is 54.9. The maximum atomic E-state index is 13.8. The molecule has 0 bridgehead atoms. The van der Waals surface area contributed by atoms with Crippen molar-refractivity contribution in [2.75, 3.05) is 17.3 Å². The summed E-state index contributed by atoms with van der Waals surface area (Å²) in [7, 11) is 0. The second kappa shape index (κ2) is 15.3. The molecule has 5 rings (SSSR count). The minimum Gasteiger partial charge on any atom is -0.463 e. The number of anilines is 1. The van der Waals surface area contributed by atoms with Crippen molar-refractivity contribution in [3.63, 3.8) is 0 Å². The Kier molecular flexibility index (Phi) is 11.4. The summed E-state index contributed by atoms with van der Waals surface area (Å²) in [5.41, 5.74) is -0.180. The van der Waals surface area contributed by atoms with Crippen LogP contribution in [0.4, 0.5) is 15.2 Å². The Balaban J connectivity index is 1.43. The fourth-order valence-corrected chi connectivity index (χ4v) is 9.39. The highest BCUT2D eigenvalue weighted by Gasteiger charge is 2.53. The molecule has 2 aliphatic heterocycles. The number of carbonyl (C=O) groups is 4. The lowest BCUT2D eigenvalue weighted by Crippen LogP contribution is -2.61. The van der Waals surface area contributed by atoms with Gasteiger partial charge in [0, 0.05) is 33.4 Å². The van der Waals surface area contributed by atoms with Crippen LogP contribution < -0.4 is 4.90 Å². The van der Waals surface area contributed by atoms with E-state index in [-0.39, 0.29) is 17.3 Å². The van der Waals surface area contributed by atoms with Crippen molar-refractivity contribution in [3.05, 3.63) is 30.1 Å². The standard InChI is InChI=1S/C30H35FN4O9S3/c1-16(36)40-14-22-24(41-17(2)37)25(42-18(3)38)26(43-19(4)39)27(44-22)46-29-34-33-28(47-29)32-23-15-45-30(12-6-5-7-13-30)35(23)21-10-8-20(31)9-11-21/h8-11,22,24-27H,5-7,12-15H2,1-4H3/t22-,24-,25+,26-,27?/m1/s1. The van der Waals surface area contributed by atoms with Crippen LogP contribution in [-0.2, 0) is 42.9 Å². The Morgan fingerprint density at radius 1 is 0.936 bits per heavy atom. The van der Waals surface area contributed by atoms with Crippen LogP contribution >= 0.6 is 34.9 Å². The van der Waals surface area contributed by atoms with E-state index in [1.165, 1.54) is 50.7 Å². The van der Waals surface area contributed by atoms with Crippen molar-refractivity contribution in [2.45, 2.75) is 98.9 Å². The predicted molar refractivity (Wildman–Crippen MR) is 172 cm³/mol. The highest BCUT2D eigenvalue weighted by atomic mass is 32.2. The van der Waals surface area contributed by atoms with Crippen molar-refractivity contribution in [2.24, 2.45) is 4.99 Å². The van der Waals surface area contributed by atoms with E-state index in [0.717, 1.165) is 55.9 Å². The zero-order valence-corrected chi connectivity index (χ0v) is 28.7. The average molecular weight is 711 g/mol. The van der Waals surface area contributed by atoms with Gasteiger partial charge < -0.3 is 28.6 Å². The van der Waals surface area contributed by atoms with E-state index in [2.05, 4.69) is 15.1 Å². The third-order valence-electron chi connectivity index (χ3n) is 7.64. The van der Waals surface area contributed by atoms with Crippen LogP contribution in [0.2, 0.25) is 0 Å². The summed E-state index contributed by atoms with van der Waals surface area (Å²) >= 11 is 4.05. The van der Waals surface area contributed by atoms with Gasteiger partial charge in [-0.05, 0) is 37.1 Å². The third kappa shape index (κ3) is 8.61. The zero-order chi connectivity index (χ0) is 33.7. The molecule has 0 amide bonds. The molecule has 1 aromatic heterocycles. The number of benzene rings is 1. The van der Waals surface area contributed by atoms with E-state index in [4.69, 9.17) is 28.7 Å². The Morgan fingerprint density at radius 2 is 1.57 bits per heavy atom. The Labute approximate surface area is 283 Å². The van der Waals surface area contributed by atoms with Crippen LogP contribution in [0.5, 0.6) is 0 Å². The smallest absolute Gasteiger partial charge is 0.303 e. The molecule has 5 atom stereocenters. The highest BCUT2D eigenvalue weighted by molar-refractivity contribution is 8.02. The molecule has 1 spiro atoms. The largest absolute Gasteiger partial charge is 0.463 e. The summed E-state index contributed by atoms with van der Waals surface area (Å²) in [5, 5.41) is 8.94. The molecule has 13 nitrogen and oxygen atoms in total. The molecule has 1 aliphatic carbocycles. The van der Waals surface area contributed by atoms with Crippen LogP contribution in [0, 0.1) is 5.82 Å². The maximum Gasteiger partial charge on any atom is 0.303 e. The number of carbonyl (C=O) groups excluding carboxylic acids is 4. The third-order valence-corrected chi connectivity index (χ3v) is 11.2. The predicted octanol–water partition coefficient (Wildman–Crippen LogP) is 4.80. The van der Waals surface area contributed by atoms with Gasteiger partial charge in [0.25, 0.3) is 0 Å². The molecule has 3 aliphatic rings. The minimum absolute atomic E-state index is 0.175. The van der Waals surface area contributed by atoms with Crippen LogP contribution in [0.1, 0.15) is 59.8 Å². The number of nitrogens with zero attached hydrogens (tertiary/aromatic N) is 4. The number of halogens is 1. The molecule has 2 aromatic rings. The van der Waals surface area contributed by atoms with Crippen LogP contribution in [0.15, 0.2) is 33.6 Å². The van der Waals surface area contributed by atoms with E-state index in [9.17, 15) is 23.6 Å². The van der Waals surface area contributed by atoms with Gasteiger partial charge in [0.05, 0.1) is 10.6 Å². The van der Waals surface area contributed by atoms with Crippen molar-refractivity contribution >= 4 is 75.4 Å². The quantitative estimate of drug-likeness (QED) is 0.258. The van der Waals surface area contributed by atoms with Gasteiger partial charge in [-0.3, -0.25) is 19.2 Å². The molecule has 0 radical (unpaired) electrons. The van der Waals surface area contributed by atoms with Gasteiger partial charge in [0.1, 0.15) is 24.4 Å². The van der Waals surface area contributed by atoms with Crippen LogP contribution in [0.3, 0.4) is 0 Å². The molecule has 17 heteroatoms. The lowest BCUT2D eigenvalue weighted by Gasteiger charge is -2.43. The first kappa shape index (κ1) is 35.0. The first-order valence-corrected chi connectivity index (χ1v) is 17.7. The van der Waals surface area contributed by atoms with Gasteiger partial charge in [-0.1, -0.05) is 42.4 Å². The lowest BCUT2D eigenvalue weighted by atomic mass is 9.93. The van der Waals surface area contributed by atoms with E-state index in [0.29, 0.717) is 15.2 Å². The monoisotopic (exact) mass is 710 g/mol. The summed E-state index contributed by atoms with van der Waals surface area (Å²) in [6.45, 7) is 4.39. The van der Waals surface area contributed by atoms with Gasteiger partial charge in [-0.15, -0.1) is 22.0 Å². The number of aliphatic imine (C=N–C) groups is 1. The van der Waals surface area contributed by atoms with Gasteiger partial charge in [0.2, 0.25) is 5.13 Å². The average Bonchev–Trinajstić information content (AvgIpc) is 3.59. The molecule has 1 unspecified atom stereocenters. The van der Waals surface area contributed by atoms with Gasteiger partial charge >= 0.3 is 23.9 Å². The normalized spacial score (nSPS) is 26.2. The van der Waals surface area contributed by atoms with Gasteiger partial charge in [-0.2, -0.15) is 0 Å². The number of esters is 4. The molecule has 254 valence electrons. The lowest BCUT2D eigenvalue weighted by molar-refractivity contribution is -0.237. The van der Waals surface area contributed by atoms with Crippen molar-refractivity contribution in [1.29, 1.82) is 0 Å². The van der Waals surface area contributed by atoms with E-state index >= 15 is 0 Å². The Hall–Kier alpha value is -3.28. The molecule has 1 aromatic carbocycles. The van der Waals surface area contributed by atoms with Gasteiger partial charge in [-0.25, -0.2) is 9.38 Å². The Bertz CT molecular complexity index is 1500. The summed E-state index contributed by atoms with van der Waals surface area (Å²) in [6, 6.07) is 6.41. The number of amidine groups is 1. The number of rotatable bonds is 9. The van der Waals surface area contributed by atoms with Crippen molar-refractivity contribution < 1.29 is 47.3 Å². The number of hydrogen-bond donors (Lipinski definition) is 0. The molecular weight excluding hydrogens is 676 g/mol. The van der Waals surface area contributed by atoms with Gasteiger partial charge in [0.15, 0.2) is 28.1 Å². The fourth-order valence-electron chi connectivity index (χ4n) is 5.88. The molecule has 2 saturated heterocycles. The van der Waals surface area contributed by atoms with E-state index in [1.54, 1.807) is 12.1 Å². The second-order valence-corrected chi connectivity index (χ2v) is 14.8. The summed E-state index contributed by atoms with van der Waals surface area (Å²) < 4.78 is 42.1. The molecule has 1 saturated carbocycles. The molecule has 3 fully saturated rings. The summed E-state index contributed by atoms with van der Waals surface area (Å²) in [6.07, 6.45) is 0.468. The zero-order valence-electron chi connectivity index (χ0n) is 26.2. The highest BCUT2D eigenvalue weighted by Crippen LogP contribution is 2.50. The number of aromatic nitrogens is 2. The molecule has 0 N–H and O–H groups in total. The minimum atomic E-state index is -1.29. The number of thioether (sulfide) groups is 2. The number of ether oxygens (including phenoxy) is 5. The first-order valence-electron chi connectivity index (χ1n) is 15.0. The fraction of sp³-hybridized carbons (Fsp3) is 0.567. The topological polar surface area (TPSA) is 156 Å². The Morgan fingerprint density at radius 3 is 2.21 bits per heavy atom. The second-order valence-electron chi connectivity index (χ2n) is 11.2. The van der Waals surface area contributed by atoms with Crippen molar-refractivity contribution in [3.8, 4) is 0 Å². The molecule has 47 heavy (non-hydrogen) atoms. The maximum absolute atomic E-state index is 13.8. The SMILES string of the molecule is CC(=O)OC[C@H]1OC(Sc2nnc(N=C3CSC4(CCCCC4)N3c3ccc(F)cc3)s2)[C@H](OC(C)=O)[C@@H](OC(C)=O)[C@@H]1OC(C)=O. The molecule has 3 heterocycles. The number of hydrogen-bond acceptors (Lipinski definition) is 15. The van der Waals surface area contributed by atoms with Crippen LogP contribution in [-0.4, -0.2) is 87.0 Å². The van der Waals surface area contributed by atoms with Crippen molar-refractivity contribution in [1.82, 2.24) is 10.2 Å². The van der Waals surface area contributed by atoms with E-state index < -0.39 is 53.7 Å².